The summed E-state index contributed by atoms with van der Waals surface area (Å²) in [4.78, 5) is 48.2. The highest BCUT2D eigenvalue weighted by molar-refractivity contribution is 6.00. The number of rotatable bonds is 7. The molecule has 0 saturated carbocycles. The van der Waals surface area contributed by atoms with Crippen molar-refractivity contribution in [2.45, 2.75) is 13.0 Å². The van der Waals surface area contributed by atoms with Crippen molar-refractivity contribution in [3.63, 3.8) is 0 Å². The third kappa shape index (κ3) is 4.92. The van der Waals surface area contributed by atoms with E-state index in [0.29, 0.717) is 0 Å². The Bertz CT molecular complexity index is 978. The number of carbonyl (C=O) groups excluding carboxylic acids is 3. The number of primary amides is 1. The van der Waals surface area contributed by atoms with Crippen LogP contribution in [-0.4, -0.2) is 41.3 Å². The number of halogens is 1. The Labute approximate surface area is 165 Å². The number of carbonyl (C=O) groups is 3. The number of ether oxygens (including phenoxy) is 1. The van der Waals surface area contributed by atoms with Crippen molar-refractivity contribution in [3.8, 4) is 0 Å². The van der Waals surface area contributed by atoms with Crippen molar-refractivity contribution >= 4 is 23.5 Å². The molecule has 0 heterocycles. The fraction of sp³-hybridized carbons (Fsp3) is 0.211. The number of nitro benzene ring substituents is 1. The van der Waals surface area contributed by atoms with Gasteiger partial charge < -0.3 is 15.4 Å². The minimum absolute atomic E-state index is 0.0357. The topological polar surface area (TPSA) is 133 Å². The van der Waals surface area contributed by atoms with Crippen LogP contribution in [0.15, 0.2) is 42.5 Å². The zero-order valence-electron chi connectivity index (χ0n) is 15.6. The van der Waals surface area contributed by atoms with E-state index in [-0.39, 0.29) is 23.3 Å². The molecule has 0 bridgehead atoms. The lowest BCUT2D eigenvalue weighted by Crippen LogP contribution is -2.39. The molecule has 2 amide bonds. The van der Waals surface area contributed by atoms with E-state index >= 15 is 0 Å². The number of likely N-dealkylation sites (N-methyl/N-ethyl adjacent to an activating group) is 1. The van der Waals surface area contributed by atoms with Gasteiger partial charge in [-0.05, 0) is 30.7 Å². The minimum Gasteiger partial charge on any atom is -0.462 e. The van der Waals surface area contributed by atoms with Gasteiger partial charge in [0.05, 0.1) is 17.1 Å². The van der Waals surface area contributed by atoms with Crippen molar-refractivity contribution < 1.29 is 28.4 Å². The molecule has 0 radical (unpaired) electrons. The van der Waals surface area contributed by atoms with Crippen molar-refractivity contribution in [1.29, 1.82) is 0 Å². The van der Waals surface area contributed by atoms with Crippen molar-refractivity contribution in [2.24, 2.45) is 5.73 Å². The predicted octanol–water partition coefficient (Wildman–Crippen LogP) is 2.21. The second-order valence-corrected chi connectivity index (χ2v) is 6.02. The number of nitro groups is 1. The van der Waals surface area contributed by atoms with Gasteiger partial charge in [-0.3, -0.25) is 19.7 Å². The molecule has 0 spiro atoms. The van der Waals surface area contributed by atoms with Crippen LogP contribution < -0.4 is 5.73 Å². The fourth-order valence-corrected chi connectivity index (χ4v) is 2.75. The summed E-state index contributed by atoms with van der Waals surface area (Å²) in [5, 5.41) is 11.2. The Morgan fingerprint density at radius 3 is 2.41 bits per heavy atom. The van der Waals surface area contributed by atoms with Crippen LogP contribution in [0.25, 0.3) is 0 Å². The quantitative estimate of drug-likeness (QED) is 0.428. The maximum absolute atomic E-state index is 13.6. The third-order valence-corrected chi connectivity index (χ3v) is 4.03. The molecule has 2 N–H and O–H groups in total. The second kappa shape index (κ2) is 8.91. The summed E-state index contributed by atoms with van der Waals surface area (Å²) in [7, 11) is 1.24. The zero-order chi connectivity index (χ0) is 21.7. The number of nitrogens with zero attached hydrogens (tertiary/aromatic N) is 2. The summed E-state index contributed by atoms with van der Waals surface area (Å²) in [6.45, 7) is 1.60. The maximum Gasteiger partial charge on any atom is 0.338 e. The fourth-order valence-electron chi connectivity index (χ4n) is 2.75. The van der Waals surface area contributed by atoms with E-state index < -0.39 is 40.3 Å². The molecule has 0 aliphatic rings. The summed E-state index contributed by atoms with van der Waals surface area (Å²) in [5.41, 5.74) is 4.59. The molecule has 29 heavy (non-hydrogen) atoms. The minimum atomic E-state index is -1.33. The monoisotopic (exact) mass is 403 g/mol. The average Bonchev–Trinajstić information content (AvgIpc) is 2.67. The Morgan fingerprint density at radius 1 is 1.21 bits per heavy atom. The third-order valence-electron chi connectivity index (χ3n) is 4.03. The van der Waals surface area contributed by atoms with Crippen molar-refractivity contribution in [3.05, 3.63) is 75.1 Å². The van der Waals surface area contributed by atoms with Gasteiger partial charge in [0.25, 0.3) is 11.6 Å². The van der Waals surface area contributed by atoms with Gasteiger partial charge in [0, 0.05) is 24.7 Å². The first-order valence-corrected chi connectivity index (χ1v) is 8.44. The van der Waals surface area contributed by atoms with Crippen LogP contribution in [0.2, 0.25) is 0 Å². The SMILES string of the molecule is CCOC(=O)c1cc(C(=O)N(C)C(C(N)=O)c2cccc(F)c2)cc([N+](=O)[O-])c1. The molecule has 1 atom stereocenters. The van der Waals surface area contributed by atoms with E-state index in [0.717, 1.165) is 35.2 Å². The van der Waals surface area contributed by atoms with Gasteiger partial charge in [-0.1, -0.05) is 12.1 Å². The highest BCUT2D eigenvalue weighted by Crippen LogP contribution is 2.25. The molecule has 2 aromatic rings. The number of benzene rings is 2. The van der Waals surface area contributed by atoms with E-state index in [2.05, 4.69) is 0 Å². The number of amides is 2. The smallest absolute Gasteiger partial charge is 0.338 e. The average molecular weight is 403 g/mol. The standard InChI is InChI=1S/C19H18FN3O6/c1-3-29-19(26)13-7-12(9-15(10-13)23(27)28)18(25)22(2)16(17(21)24)11-5-4-6-14(20)8-11/h4-10,16H,3H2,1-2H3,(H2,21,24). The number of hydrogen-bond acceptors (Lipinski definition) is 6. The molecule has 152 valence electrons. The number of non-ortho nitro benzene ring substituents is 1. The van der Waals surface area contributed by atoms with Gasteiger partial charge in [-0.25, -0.2) is 9.18 Å². The first-order chi connectivity index (χ1) is 13.6. The molecule has 9 nitrogen and oxygen atoms in total. The lowest BCUT2D eigenvalue weighted by Gasteiger charge is -2.26. The highest BCUT2D eigenvalue weighted by atomic mass is 19.1. The summed E-state index contributed by atoms with van der Waals surface area (Å²) in [6.07, 6.45) is 0. The Balaban J connectivity index is 2.49. The van der Waals surface area contributed by atoms with E-state index in [1.807, 2.05) is 0 Å². The van der Waals surface area contributed by atoms with E-state index in [4.69, 9.17) is 10.5 Å². The lowest BCUT2D eigenvalue weighted by atomic mass is 10.0. The van der Waals surface area contributed by atoms with Gasteiger partial charge in [-0.15, -0.1) is 0 Å². The normalized spacial score (nSPS) is 11.4. The first kappa shape index (κ1) is 21.5. The summed E-state index contributed by atoms with van der Waals surface area (Å²) < 4.78 is 18.4. The van der Waals surface area contributed by atoms with Crippen LogP contribution in [0, 0.1) is 15.9 Å². The molecule has 0 aliphatic carbocycles. The molecule has 2 rings (SSSR count). The van der Waals surface area contributed by atoms with Crippen LogP contribution >= 0.6 is 0 Å². The Hall–Kier alpha value is -3.82. The van der Waals surface area contributed by atoms with Crippen LogP contribution in [-0.2, 0) is 9.53 Å². The molecule has 0 aromatic heterocycles. The summed E-state index contributed by atoms with van der Waals surface area (Å²) in [6, 6.07) is 6.71. The molecule has 0 fully saturated rings. The summed E-state index contributed by atoms with van der Waals surface area (Å²) in [5.74, 6) is -3.23. The van der Waals surface area contributed by atoms with Crippen LogP contribution in [0.4, 0.5) is 10.1 Å². The molecular weight excluding hydrogens is 385 g/mol. The molecule has 0 saturated heterocycles. The van der Waals surface area contributed by atoms with E-state index in [1.165, 1.54) is 19.2 Å². The van der Waals surface area contributed by atoms with Gasteiger partial charge in [0.2, 0.25) is 5.91 Å². The Morgan fingerprint density at radius 2 is 1.86 bits per heavy atom. The Kier molecular flexibility index (Phi) is 6.60. The number of nitrogens with two attached hydrogens (primary N) is 1. The van der Waals surface area contributed by atoms with Crippen LogP contribution in [0.5, 0.6) is 0 Å². The first-order valence-electron chi connectivity index (χ1n) is 8.44. The zero-order valence-corrected chi connectivity index (χ0v) is 15.6. The van der Waals surface area contributed by atoms with Gasteiger partial charge in [0.1, 0.15) is 11.9 Å². The molecule has 1 unspecified atom stereocenters. The van der Waals surface area contributed by atoms with Crippen LogP contribution in [0.3, 0.4) is 0 Å². The highest BCUT2D eigenvalue weighted by Gasteiger charge is 2.29. The molecular formula is C19H18FN3O6. The number of hydrogen-bond donors (Lipinski definition) is 1. The molecule has 10 heteroatoms. The largest absolute Gasteiger partial charge is 0.462 e. The van der Waals surface area contributed by atoms with Gasteiger partial charge in [0.15, 0.2) is 0 Å². The van der Waals surface area contributed by atoms with Gasteiger partial charge >= 0.3 is 5.97 Å². The van der Waals surface area contributed by atoms with E-state index in [9.17, 15) is 28.9 Å². The molecule has 0 aliphatic heterocycles. The number of esters is 1. The second-order valence-electron chi connectivity index (χ2n) is 6.02. The van der Waals surface area contributed by atoms with Crippen LogP contribution in [0.1, 0.15) is 39.2 Å². The molecule has 2 aromatic carbocycles. The van der Waals surface area contributed by atoms with Crippen molar-refractivity contribution in [2.75, 3.05) is 13.7 Å². The summed E-state index contributed by atoms with van der Waals surface area (Å²) >= 11 is 0. The lowest BCUT2D eigenvalue weighted by molar-refractivity contribution is -0.384. The van der Waals surface area contributed by atoms with E-state index in [1.54, 1.807) is 6.92 Å². The predicted molar refractivity (Wildman–Crippen MR) is 99.5 cm³/mol. The maximum atomic E-state index is 13.6. The van der Waals surface area contributed by atoms with Gasteiger partial charge in [-0.2, -0.15) is 0 Å². The van der Waals surface area contributed by atoms with Crippen molar-refractivity contribution in [1.82, 2.24) is 4.90 Å².